The van der Waals surface area contributed by atoms with Gasteiger partial charge in [0.1, 0.15) is 6.07 Å². The van der Waals surface area contributed by atoms with E-state index in [1.807, 2.05) is 68.5 Å². The molecule has 2 heterocycles. The van der Waals surface area contributed by atoms with Crippen LogP contribution in [0.4, 0.5) is 11.4 Å². The maximum absolute atomic E-state index is 9.61. The summed E-state index contributed by atoms with van der Waals surface area (Å²) < 4.78 is 0. The molecule has 2 aromatic carbocycles. The maximum atomic E-state index is 9.61. The van der Waals surface area contributed by atoms with Gasteiger partial charge in [-0.05, 0) is 43.7 Å². The van der Waals surface area contributed by atoms with Crippen LogP contribution in [-0.4, -0.2) is 9.97 Å². The highest BCUT2D eigenvalue weighted by molar-refractivity contribution is 5.87. The Balaban J connectivity index is 1.76. The number of pyridine rings is 1. The van der Waals surface area contributed by atoms with Crippen LogP contribution in [0, 0.1) is 25.2 Å². The van der Waals surface area contributed by atoms with Crippen molar-refractivity contribution in [1.82, 2.24) is 9.97 Å². The highest BCUT2D eigenvalue weighted by Gasteiger charge is 2.12. The predicted octanol–water partition coefficient (Wildman–Crippen LogP) is 5.97. The molecule has 28 heavy (non-hydrogen) atoms. The molecule has 0 spiro atoms. The molecule has 0 bridgehead atoms. The Morgan fingerprint density at radius 1 is 1.04 bits per heavy atom. The number of H-pyrrole nitrogens is 1. The summed E-state index contributed by atoms with van der Waals surface area (Å²) in [4.78, 5) is 7.73. The van der Waals surface area contributed by atoms with Gasteiger partial charge in [0.05, 0.1) is 11.3 Å². The van der Waals surface area contributed by atoms with Crippen molar-refractivity contribution >= 4 is 34.4 Å². The van der Waals surface area contributed by atoms with Crippen molar-refractivity contribution in [2.75, 3.05) is 5.32 Å². The Labute approximate surface area is 164 Å². The average Bonchev–Trinajstić information content (AvgIpc) is 3.08. The van der Waals surface area contributed by atoms with Crippen molar-refractivity contribution in [3.05, 3.63) is 88.9 Å². The topological polar surface area (TPSA) is 64.5 Å². The summed E-state index contributed by atoms with van der Waals surface area (Å²) in [5.41, 5.74) is 7.31. The number of anilines is 2. The van der Waals surface area contributed by atoms with Gasteiger partial charge in [-0.15, -0.1) is 0 Å². The third-order valence-corrected chi connectivity index (χ3v) is 4.70. The second kappa shape index (κ2) is 7.42. The Morgan fingerprint density at radius 2 is 1.86 bits per heavy atom. The first-order chi connectivity index (χ1) is 13.6. The van der Waals surface area contributed by atoms with Crippen LogP contribution in [0.5, 0.6) is 0 Å². The quantitative estimate of drug-likeness (QED) is 0.469. The summed E-state index contributed by atoms with van der Waals surface area (Å²) in [6.45, 7) is 4.00. The van der Waals surface area contributed by atoms with Crippen LogP contribution in [0.1, 0.15) is 28.1 Å². The molecule has 0 saturated carbocycles. The van der Waals surface area contributed by atoms with Crippen molar-refractivity contribution in [1.29, 1.82) is 5.26 Å². The third-order valence-electron chi connectivity index (χ3n) is 4.70. The van der Waals surface area contributed by atoms with Crippen molar-refractivity contribution in [2.24, 2.45) is 0 Å². The molecule has 0 unspecified atom stereocenters. The molecule has 0 fully saturated rings. The first-order valence-electron chi connectivity index (χ1n) is 9.13. The third kappa shape index (κ3) is 3.51. The summed E-state index contributed by atoms with van der Waals surface area (Å²) in [6.07, 6.45) is 5.67. The summed E-state index contributed by atoms with van der Waals surface area (Å²) >= 11 is 0. The Hall–Kier alpha value is -3.84. The maximum Gasteiger partial charge on any atom is 0.103 e. The van der Waals surface area contributed by atoms with Crippen LogP contribution < -0.4 is 5.32 Å². The molecule has 4 aromatic rings. The van der Waals surface area contributed by atoms with E-state index in [1.54, 1.807) is 6.20 Å². The fourth-order valence-electron chi connectivity index (χ4n) is 3.29. The number of fused-ring (bicyclic) bond motifs is 1. The minimum absolute atomic E-state index is 0.517. The molecule has 4 heteroatoms. The number of nitrogens with zero attached hydrogens (tertiary/aromatic N) is 2. The van der Waals surface area contributed by atoms with Gasteiger partial charge in [-0.1, -0.05) is 42.5 Å². The number of aryl methyl sites for hydroxylation is 2. The Bertz CT molecular complexity index is 1210. The van der Waals surface area contributed by atoms with Crippen molar-refractivity contribution in [3.8, 4) is 6.07 Å². The van der Waals surface area contributed by atoms with Gasteiger partial charge in [0.25, 0.3) is 0 Å². The molecular formula is C24H20N4. The highest BCUT2D eigenvalue weighted by Crippen LogP contribution is 2.30. The molecule has 0 aliphatic rings. The van der Waals surface area contributed by atoms with E-state index in [-0.39, 0.29) is 0 Å². The zero-order chi connectivity index (χ0) is 19.5. The van der Waals surface area contributed by atoms with E-state index in [0.717, 1.165) is 44.8 Å². The first kappa shape index (κ1) is 17.6. The van der Waals surface area contributed by atoms with Gasteiger partial charge < -0.3 is 10.3 Å². The predicted molar refractivity (Wildman–Crippen MR) is 115 cm³/mol. The van der Waals surface area contributed by atoms with E-state index >= 15 is 0 Å². The van der Waals surface area contributed by atoms with Crippen LogP contribution in [0.25, 0.3) is 23.1 Å². The van der Waals surface area contributed by atoms with E-state index in [0.29, 0.717) is 5.56 Å². The smallest absolute Gasteiger partial charge is 0.103 e. The molecule has 4 nitrogen and oxygen atoms in total. The van der Waals surface area contributed by atoms with Gasteiger partial charge in [0.15, 0.2) is 0 Å². The molecule has 0 saturated heterocycles. The lowest BCUT2D eigenvalue weighted by atomic mass is 10.1. The van der Waals surface area contributed by atoms with E-state index in [2.05, 4.69) is 33.5 Å². The molecular weight excluding hydrogens is 344 g/mol. The fraction of sp³-hybridized carbons (Fsp3) is 0.0833. The Kier molecular flexibility index (Phi) is 4.65. The molecule has 0 aliphatic heterocycles. The molecule has 0 radical (unpaired) electrons. The summed E-state index contributed by atoms with van der Waals surface area (Å²) in [5, 5.41) is 14.2. The summed E-state index contributed by atoms with van der Waals surface area (Å²) in [7, 11) is 0. The van der Waals surface area contributed by atoms with Crippen LogP contribution in [0.15, 0.2) is 60.8 Å². The van der Waals surface area contributed by atoms with Gasteiger partial charge in [-0.25, -0.2) is 0 Å². The monoisotopic (exact) mass is 364 g/mol. The zero-order valence-electron chi connectivity index (χ0n) is 15.8. The molecule has 0 aliphatic carbocycles. The van der Waals surface area contributed by atoms with Gasteiger partial charge in [0.2, 0.25) is 0 Å². The van der Waals surface area contributed by atoms with Gasteiger partial charge >= 0.3 is 0 Å². The van der Waals surface area contributed by atoms with Crippen molar-refractivity contribution in [3.63, 3.8) is 0 Å². The molecule has 2 N–H and O–H groups in total. The molecule has 4 rings (SSSR count). The second-order valence-corrected chi connectivity index (χ2v) is 6.78. The van der Waals surface area contributed by atoms with Crippen molar-refractivity contribution < 1.29 is 0 Å². The lowest BCUT2D eigenvalue weighted by Crippen LogP contribution is -2.00. The zero-order valence-corrected chi connectivity index (χ0v) is 15.8. The average molecular weight is 364 g/mol. The Morgan fingerprint density at radius 3 is 2.64 bits per heavy atom. The largest absolute Gasteiger partial charge is 0.359 e. The van der Waals surface area contributed by atoms with E-state index in [1.165, 1.54) is 0 Å². The van der Waals surface area contributed by atoms with Crippen LogP contribution >= 0.6 is 0 Å². The number of nitrogens with one attached hydrogen (secondary N) is 2. The molecule has 0 atom stereocenters. The van der Waals surface area contributed by atoms with Crippen LogP contribution in [-0.2, 0) is 0 Å². The number of aromatic nitrogens is 2. The van der Waals surface area contributed by atoms with Gasteiger partial charge in [-0.3, -0.25) is 4.98 Å². The summed E-state index contributed by atoms with van der Waals surface area (Å²) in [6, 6.07) is 20.6. The number of aromatic amines is 1. The SMILES string of the molecule is Cc1cc2cc(Nc3c(C#N)cnc(C)c3/C=C/c3ccccc3)ccc2[nH]1. The fourth-order valence-corrected chi connectivity index (χ4v) is 3.29. The highest BCUT2D eigenvalue weighted by atomic mass is 14.9. The minimum Gasteiger partial charge on any atom is -0.359 e. The number of nitriles is 1. The van der Waals surface area contributed by atoms with Crippen LogP contribution in [0.3, 0.4) is 0 Å². The van der Waals surface area contributed by atoms with Crippen molar-refractivity contribution in [2.45, 2.75) is 13.8 Å². The lowest BCUT2D eigenvalue weighted by Gasteiger charge is -2.13. The second-order valence-electron chi connectivity index (χ2n) is 6.78. The summed E-state index contributed by atoms with van der Waals surface area (Å²) in [5.74, 6) is 0. The molecule has 0 amide bonds. The number of benzene rings is 2. The molecule has 136 valence electrons. The van der Waals surface area contributed by atoms with E-state index in [4.69, 9.17) is 0 Å². The van der Waals surface area contributed by atoms with Gasteiger partial charge in [-0.2, -0.15) is 5.26 Å². The van der Waals surface area contributed by atoms with Gasteiger partial charge in [0, 0.05) is 39.7 Å². The standard InChI is InChI=1S/C24H20N4/c1-16-12-19-13-21(9-11-23(19)27-16)28-24-20(14-25)15-26-17(2)22(24)10-8-18-6-4-3-5-7-18/h3-13,15,27H,1-2H3,(H,26,28)/b10-8+. The van der Waals surface area contributed by atoms with E-state index < -0.39 is 0 Å². The van der Waals surface area contributed by atoms with E-state index in [9.17, 15) is 5.26 Å². The normalized spacial score (nSPS) is 11.0. The number of hydrogen-bond donors (Lipinski definition) is 2. The van der Waals surface area contributed by atoms with Crippen LogP contribution in [0.2, 0.25) is 0 Å². The molecule has 2 aromatic heterocycles. The minimum atomic E-state index is 0.517. The number of hydrogen-bond acceptors (Lipinski definition) is 3. The lowest BCUT2D eigenvalue weighted by molar-refractivity contribution is 1.18. The number of rotatable bonds is 4. The first-order valence-corrected chi connectivity index (χ1v) is 9.13.